The number of rotatable bonds is 10. The minimum atomic E-state index is -0.839. The number of hydrogen-bond acceptors (Lipinski definition) is 4. The molecule has 379 valence electrons. The summed E-state index contributed by atoms with van der Waals surface area (Å²) in [5.41, 5.74) is 4.49. The zero-order chi connectivity index (χ0) is 49.1. The van der Waals surface area contributed by atoms with Crippen LogP contribution in [-0.2, 0) is 16.8 Å². The Bertz CT molecular complexity index is 2790. The van der Waals surface area contributed by atoms with Crippen molar-refractivity contribution in [2.24, 2.45) is 21.8 Å². The molecule has 2 aromatic carbocycles. The Morgan fingerprint density at radius 1 is 0.507 bits per heavy atom. The molecule has 0 N–H and O–H groups in total. The molecule has 0 atom stereocenters. The van der Waals surface area contributed by atoms with Crippen LogP contribution in [0.4, 0.5) is 17.6 Å². The fourth-order valence-corrected chi connectivity index (χ4v) is 12.2. The van der Waals surface area contributed by atoms with Crippen LogP contribution in [0.2, 0.25) is 15.1 Å². The zero-order valence-corrected chi connectivity index (χ0v) is 44.4. The van der Waals surface area contributed by atoms with Crippen LogP contribution in [0.15, 0.2) is 85.0 Å². The number of ether oxygens (including phenoxy) is 2. The molecule has 4 aliphatic carbocycles. The van der Waals surface area contributed by atoms with Crippen LogP contribution in [-0.4, -0.2) is 11.4 Å². The molecule has 4 aromatic rings. The molecular weight excluding hydrogens is 1080 g/mol. The van der Waals surface area contributed by atoms with Gasteiger partial charge >= 0.3 is 16.8 Å². The molecule has 0 bridgehead atoms. The van der Waals surface area contributed by atoms with Gasteiger partial charge in [-0.1, -0.05) is 164 Å². The van der Waals surface area contributed by atoms with Gasteiger partial charge in [0.1, 0.15) is 34.5 Å². The van der Waals surface area contributed by atoms with E-state index >= 15 is 0 Å². The number of allylic oxidation sites excluding steroid dienone is 4. The van der Waals surface area contributed by atoms with E-state index in [-0.39, 0.29) is 73.5 Å². The standard InChI is InChI=1S/2C27H26Cl3F2N2O.Co/c2*28-18-14-20(33-24(18)15-7-3-1-4-8-15)27(35-21-12-11-17(31)13-19(21)32)26-23(30)22(29)25(34-26)16-9-5-2-6-10-16;/h2*11-16H,1-10H2;/q2*-1;+2/b27-26+;27-20+;. The summed E-state index contributed by atoms with van der Waals surface area (Å²) in [4.78, 5) is 19.2. The Kier molecular flexibility index (Phi) is 18.7. The molecule has 17 heteroatoms. The topological polar surface area (TPSA) is 71.4 Å². The van der Waals surface area contributed by atoms with E-state index in [1.165, 1.54) is 37.8 Å². The van der Waals surface area contributed by atoms with Crippen molar-refractivity contribution in [2.75, 3.05) is 0 Å². The summed E-state index contributed by atoms with van der Waals surface area (Å²) >= 11 is 40.0. The molecule has 4 heterocycles. The van der Waals surface area contributed by atoms with E-state index in [2.05, 4.69) is 0 Å². The average molecular weight is 1140 g/mol. The zero-order valence-electron chi connectivity index (χ0n) is 38.8. The maximum Gasteiger partial charge on any atom is 2.00 e. The van der Waals surface area contributed by atoms with Gasteiger partial charge in [0.25, 0.3) is 0 Å². The molecule has 1 radical (unpaired) electrons. The van der Waals surface area contributed by atoms with E-state index < -0.39 is 23.3 Å². The van der Waals surface area contributed by atoms with E-state index in [1.807, 2.05) is 0 Å². The summed E-state index contributed by atoms with van der Waals surface area (Å²) < 4.78 is 68.3. The Hall–Kier alpha value is -3.13. The first-order valence-electron chi connectivity index (χ1n) is 24.5. The van der Waals surface area contributed by atoms with E-state index in [0.717, 1.165) is 150 Å². The summed E-state index contributed by atoms with van der Waals surface area (Å²) in [5, 5.41) is 2.33. The number of aromatic nitrogens is 2. The smallest absolute Gasteiger partial charge is 0.657 e. The normalized spacial score (nSPS) is 21.0. The molecule has 10 rings (SSSR count). The van der Waals surface area contributed by atoms with Gasteiger partial charge in [-0.15, -0.1) is 11.4 Å². The van der Waals surface area contributed by atoms with Crippen molar-refractivity contribution in [3.05, 3.63) is 136 Å². The Morgan fingerprint density at radius 3 is 1.51 bits per heavy atom. The van der Waals surface area contributed by atoms with Gasteiger partial charge in [0, 0.05) is 39.0 Å². The Balaban J connectivity index is 0.000000188. The molecule has 0 amide bonds. The van der Waals surface area contributed by atoms with Crippen molar-refractivity contribution in [2.45, 2.75) is 140 Å². The monoisotopic (exact) mass is 1130 g/mol. The summed E-state index contributed by atoms with van der Waals surface area (Å²) in [6.07, 6.45) is 23.5. The molecule has 71 heavy (non-hydrogen) atoms. The third-order valence-corrected chi connectivity index (χ3v) is 16.6. The second kappa shape index (κ2) is 24.5. The predicted molar refractivity (Wildman–Crippen MR) is 275 cm³/mol. The van der Waals surface area contributed by atoms with Gasteiger partial charge in [0.2, 0.25) is 0 Å². The van der Waals surface area contributed by atoms with Crippen molar-refractivity contribution >= 4 is 92.5 Å². The van der Waals surface area contributed by atoms with Crippen LogP contribution in [0.5, 0.6) is 11.5 Å². The molecule has 4 saturated carbocycles. The minimum Gasteiger partial charge on any atom is -0.657 e. The van der Waals surface area contributed by atoms with Gasteiger partial charge in [-0.05, 0) is 93.5 Å². The molecule has 2 aliphatic heterocycles. The van der Waals surface area contributed by atoms with Crippen molar-refractivity contribution in [3.8, 4) is 11.5 Å². The van der Waals surface area contributed by atoms with Gasteiger partial charge in [0.15, 0.2) is 23.1 Å². The van der Waals surface area contributed by atoms with Crippen LogP contribution in [0, 0.1) is 35.1 Å². The van der Waals surface area contributed by atoms with Crippen molar-refractivity contribution < 1.29 is 43.8 Å². The molecule has 6 nitrogen and oxygen atoms in total. The summed E-state index contributed by atoms with van der Waals surface area (Å²) in [6.45, 7) is 0. The molecule has 2 aromatic heterocycles. The fourth-order valence-electron chi connectivity index (χ4n) is 10.6. The Morgan fingerprint density at radius 2 is 0.986 bits per heavy atom. The van der Waals surface area contributed by atoms with Crippen LogP contribution in [0.25, 0.3) is 11.5 Å². The van der Waals surface area contributed by atoms with Crippen LogP contribution >= 0.6 is 69.6 Å². The van der Waals surface area contributed by atoms with Crippen molar-refractivity contribution in [1.82, 2.24) is 9.97 Å². The number of aliphatic imine (C=N–C) groups is 2. The minimum absolute atomic E-state index is 0. The first-order chi connectivity index (χ1) is 33.8. The molecule has 0 saturated heterocycles. The fraction of sp³-hybridized carbons (Fsp3) is 0.444. The molecule has 0 spiro atoms. The van der Waals surface area contributed by atoms with Crippen LogP contribution in [0.1, 0.15) is 163 Å². The first kappa shape index (κ1) is 54.1. The first-order valence-corrected chi connectivity index (χ1v) is 26.8. The van der Waals surface area contributed by atoms with Crippen molar-refractivity contribution in [1.29, 1.82) is 0 Å². The average Bonchev–Trinajstić information content (AvgIpc) is 4.12. The van der Waals surface area contributed by atoms with Crippen LogP contribution < -0.4 is 19.4 Å². The quantitative estimate of drug-likeness (QED) is 0.117. The third kappa shape index (κ3) is 12.4. The molecule has 0 unspecified atom stereocenters. The number of nitrogens with zero attached hydrogens (tertiary/aromatic N) is 4. The van der Waals surface area contributed by atoms with Gasteiger partial charge < -0.3 is 19.4 Å². The second-order valence-corrected chi connectivity index (χ2v) is 21.4. The molecule has 4 fully saturated rings. The third-order valence-electron chi connectivity index (χ3n) is 14.3. The molecular formula is C54H52Cl6CoF4N4O2. The van der Waals surface area contributed by atoms with Gasteiger partial charge in [-0.2, -0.15) is 0 Å². The summed E-state index contributed by atoms with van der Waals surface area (Å²) in [7, 11) is 0. The molecule has 6 aliphatic rings. The summed E-state index contributed by atoms with van der Waals surface area (Å²) in [6, 6.07) is 7.99. The van der Waals surface area contributed by atoms with Crippen molar-refractivity contribution in [3.63, 3.8) is 0 Å². The SMILES string of the molecule is Fc1ccc(O/C(=C2/N=C(C3CCCCC3)C(Cl)=C2Cl)c2cc(Cl)c(C3CCCCC3)[n-]2)c(F)c1.Fc1ccc(O/C(=C2\C=C(Cl)C(C3CCCCC3)=N2)c2[n-]c(C3CCCCC3)c(Cl)c2Cl)c(F)c1.[Co+2]. The maximum atomic E-state index is 14.6. The van der Waals surface area contributed by atoms with Gasteiger partial charge in [-0.25, -0.2) is 27.5 Å². The summed E-state index contributed by atoms with van der Waals surface area (Å²) in [5.74, 6) is -2.12. The van der Waals surface area contributed by atoms with Gasteiger partial charge in [0.05, 0.1) is 26.5 Å². The van der Waals surface area contributed by atoms with E-state index in [1.54, 1.807) is 12.1 Å². The number of benzene rings is 2. The van der Waals surface area contributed by atoms with E-state index in [9.17, 15) is 17.6 Å². The van der Waals surface area contributed by atoms with E-state index in [0.29, 0.717) is 42.9 Å². The van der Waals surface area contributed by atoms with Gasteiger partial charge in [-0.3, -0.25) is 0 Å². The van der Waals surface area contributed by atoms with E-state index in [4.69, 9.17) is 99.0 Å². The Labute approximate surface area is 452 Å². The largest absolute Gasteiger partial charge is 2.00 e. The predicted octanol–water partition coefficient (Wildman–Crippen LogP) is 18.3. The van der Waals surface area contributed by atoms with Crippen LogP contribution in [0.3, 0.4) is 0 Å². The number of halogens is 10. The number of hydrogen-bond donors (Lipinski definition) is 0. The second-order valence-electron chi connectivity index (χ2n) is 19.0. The maximum absolute atomic E-state index is 14.6.